The number of carbonyl (C=O) groups excluding carboxylic acids is 1. The first-order valence-corrected chi connectivity index (χ1v) is 10.3. The fourth-order valence-corrected chi connectivity index (χ4v) is 4.74. The van der Waals surface area contributed by atoms with Gasteiger partial charge >= 0.3 is 0 Å². The van der Waals surface area contributed by atoms with Crippen molar-refractivity contribution < 1.29 is 17.9 Å². The van der Waals surface area contributed by atoms with E-state index in [1.165, 1.54) is 11.4 Å². The number of aryl methyl sites for hydroxylation is 1. The molecule has 2 aromatic rings. The Morgan fingerprint density at radius 3 is 2.59 bits per heavy atom. The van der Waals surface area contributed by atoms with Gasteiger partial charge in [0, 0.05) is 43.7 Å². The summed E-state index contributed by atoms with van der Waals surface area (Å²) in [5, 5.41) is 7.27. The van der Waals surface area contributed by atoms with Crippen LogP contribution in [0, 0.1) is 5.92 Å². The largest absolute Gasteiger partial charge is 0.497 e. The lowest BCUT2D eigenvalue weighted by Crippen LogP contribution is -2.36. The summed E-state index contributed by atoms with van der Waals surface area (Å²) in [6.45, 7) is 0.564. The van der Waals surface area contributed by atoms with Crippen LogP contribution >= 0.6 is 0 Å². The Kier molecular flexibility index (Phi) is 4.43. The lowest BCUT2D eigenvalue weighted by Gasteiger charge is -2.27. The van der Waals surface area contributed by atoms with Gasteiger partial charge in [0.15, 0.2) is 5.82 Å². The average molecular weight is 390 g/mol. The molecule has 1 amide bonds. The number of hydrogen-bond donors (Lipinski definition) is 1. The number of anilines is 1. The van der Waals surface area contributed by atoms with Crippen molar-refractivity contribution in [3.05, 3.63) is 35.5 Å². The third-order valence-corrected chi connectivity index (χ3v) is 6.95. The normalized spacial score (nSPS) is 17.4. The summed E-state index contributed by atoms with van der Waals surface area (Å²) in [5.74, 6) is 1.10. The zero-order valence-corrected chi connectivity index (χ0v) is 16.1. The monoisotopic (exact) mass is 390 g/mol. The lowest BCUT2D eigenvalue weighted by molar-refractivity contribution is -0.117. The zero-order chi connectivity index (χ0) is 19.2. The minimum Gasteiger partial charge on any atom is -0.497 e. The van der Waals surface area contributed by atoms with Crippen molar-refractivity contribution in [3.8, 4) is 5.75 Å². The van der Waals surface area contributed by atoms with E-state index in [-0.39, 0.29) is 23.3 Å². The van der Waals surface area contributed by atoms with E-state index in [1.54, 1.807) is 28.9 Å². The van der Waals surface area contributed by atoms with E-state index < -0.39 is 10.0 Å². The molecule has 0 radical (unpaired) electrons. The van der Waals surface area contributed by atoms with Gasteiger partial charge in [0.25, 0.3) is 0 Å². The number of amides is 1. The van der Waals surface area contributed by atoms with Gasteiger partial charge in [-0.25, -0.2) is 8.42 Å². The summed E-state index contributed by atoms with van der Waals surface area (Å²) in [4.78, 5) is 12.3. The highest BCUT2D eigenvalue weighted by Crippen LogP contribution is 2.33. The van der Waals surface area contributed by atoms with E-state index in [9.17, 15) is 13.2 Å². The molecule has 0 saturated heterocycles. The van der Waals surface area contributed by atoms with Gasteiger partial charge in [-0.1, -0.05) is 0 Å². The number of fused-ring (bicyclic) bond motifs is 1. The molecule has 144 valence electrons. The van der Waals surface area contributed by atoms with Crippen molar-refractivity contribution in [3.63, 3.8) is 0 Å². The van der Waals surface area contributed by atoms with Crippen molar-refractivity contribution in [1.29, 1.82) is 0 Å². The first kappa shape index (κ1) is 18.0. The zero-order valence-electron chi connectivity index (χ0n) is 15.3. The second kappa shape index (κ2) is 6.65. The van der Waals surface area contributed by atoms with Crippen LogP contribution in [0.4, 0.5) is 5.82 Å². The molecule has 1 aliphatic carbocycles. The van der Waals surface area contributed by atoms with Gasteiger partial charge in [0.2, 0.25) is 15.9 Å². The highest BCUT2D eigenvalue weighted by atomic mass is 32.2. The molecule has 2 heterocycles. The number of rotatable bonds is 5. The molecule has 1 N–H and O–H groups in total. The van der Waals surface area contributed by atoms with E-state index >= 15 is 0 Å². The Balaban J connectivity index is 1.60. The molecule has 1 aliphatic heterocycles. The fourth-order valence-electron chi connectivity index (χ4n) is 3.33. The summed E-state index contributed by atoms with van der Waals surface area (Å²) in [6, 6.07) is 6.35. The molecule has 0 atom stereocenters. The first-order chi connectivity index (χ1) is 12.9. The molecule has 0 spiro atoms. The Morgan fingerprint density at radius 2 is 1.96 bits per heavy atom. The smallest absolute Gasteiger partial charge is 0.243 e. The number of ether oxygens (including phenoxy) is 1. The van der Waals surface area contributed by atoms with Gasteiger partial charge in [-0.15, -0.1) is 0 Å². The van der Waals surface area contributed by atoms with Gasteiger partial charge in [-0.05, 0) is 37.1 Å². The summed E-state index contributed by atoms with van der Waals surface area (Å²) >= 11 is 0. The number of benzene rings is 1. The van der Waals surface area contributed by atoms with Crippen molar-refractivity contribution in [2.24, 2.45) is 13.0 Å². The minimum absolute atomic E-state index is 0.0361. The number of hydrogen-bond acceptors (Lipinski definition) is 5. The van der Waals surface area contributed by atoms with Crippen molar-refractivity contribution in [2.45, 2.75) is 30.7 Å². The second-order valence-electron chi connectivity index (χ2n) is 6.93. The summed E-state index contributed by atoms with van der Waals surface area (Å²) < 4.78 is 34.3. The quantitative estimate of drug-likeness (QED) is 0.836. The highest BCUT2D eigenvalue weighted by molar-refractivity contribution is 7.89. The fraction of sp³-hybridized carbons (Fsp3) is 0.444. The second-order valence-corrected chi connectivity index (χ2v) is 8.86. The van der Waals surface area contributed by atoms with Crippen molar-refractivity contribution in [1.82, 2.24) is 14.1 Å². The third-order valence-electron chi connectivity index (χ3n) is 5.09. The van der Waals surface area contributed by atoms with Crippen LogP contribution in [0.15, 0.2) is 29.2 Å². The number of aromatic nitrogens is 2. The predicted molar refractivity (Wildman–Crippen MR) is 98.9 cm³/mol. The van der Waals surface area contributed by atoms with Crippen LogP contribution in [0.3, 0.4) is 0 Å². The predicted octanol–water partition coefficient (Wildman–Crippen LogP) is 1.52. The molecule has 0 bridgehead atoms. The Morgan fingerprint density at radius 1 is 1.26 bits per heavy atom. The van der Waals surface area contributed by atoms with E-state index in [0.29, 0.717) is 24.5 Å². The summed E-state index contributed by atoms with van der Waals surface area (Å²) in [6.07, 6.45) is 2.35. The molecule has 8 nitrogen and oxygen atoms in total. The molecule has 1 fully saturated rings. The molecule has 9 heteroatoms. The molecule has 27 heavy (non-hydrogen) atoms. The maximum Gasteiger partial charge on any atom is 0.243 e. The third kappa shape index (κ3) is 3.32. The van der Waals surface area contributed by atoms with Gasteiger partial charge < -0.3 is 10.1 Å². The number of sulfonamides is 1. The molecule has 4 rings (SSSR count). The maximum absolute atomic E-state index is 13.0. The highest BCUT2D eigenvalue weighted by Gasteiger charge is 2.34. The van der Waals surface area contributed by atoms with Crippen LogP contribution in [-0.4, -0.2) is 42.1 Å². The molecular formula is C18H22N4O4S. The van der Waals surface area contributed by atoms with Gasteiger partial charge in [0.05, 0.1) is 12.0 Å². The van der Waals surface area contributed by atoms with Crippen LogP contribution in [0.25, 0.3) is 0 Å². The number of methoxy groups -OCH3 is 1. The van der Waals surface area contributed by atoms with Crippen LogP contribution in [0.5, 0.6) is 5.75 Å². The standard InChI is InChI=1S/C18H22N4O4S/c1-21-16-9-10-22(27(24,25)14-7-5-13(26-2)6-8-14)11-15(16)17(20-21)19-18(23)12-3-4-12/h5-8,12H,3-4,9-11H2,1-2H3,(H,19,20,23). The number of nitrogens with zero attached hydrogens (tertiary/aromatic N) is 3. The maximum atomic E-state index is 13.0. The van der Waals surface area contributed by atoms with Crippen molar-refractivity contribution >= 4 is 21.7 Å². The molecule has 1 aromatic carbocycles. The number of nitrogens with one attached hydrogen (secondary N) is 1. The molecule has 0 unspecified atom stereocenters. The Hall–Kier alpha value is -2.39. The molecule has 2 aliphatic rings. The first-order valence-electron chi connectivity index (χ1n) is 8.90. The molecule has 1 aromatic heterocycles. The van der Waals surface area contributed by atoms with Crippen LogP contribution in [0.1, 0.15) is 24.1 Å². The minimum atomic E-state index is -3.64. The lowest BCUT2D eigenvalue weighted by atomic mass is 10.1. The van der Waals surface area contributed by atoms with E-state index in [2.05, 4.69) is 10.4 Å². The molecular weight excluding hydrogens is 368 g/mol. The number of carbonyl (C=O) groups is 1. The summed E-state index contributed by atoms with van der Waals surface area (Å²) in [5.41, 5.74) is 1.73. The van der Waals surface area contributed by atoms with Gasteiger partial charge in [0.1, 0.15) is 5.75 Å². The Bertz CT molecular complexity index is 978. The van der Waals surface area contributed by atoms with Gasteiger partial charge in [-0.2, -0.15) is 9.40 Å². The van der Waals surface area contributed by atoms with E-state index in [4.69, 9.17) is 4.74 Å². The molecule has 1 saturated carbocycles. The SMILES string of the molecule is COc1ccc(S(=O)(=O)N2CCc3c(c(NC(=O)C4CC4)nn3C)C2)cc1. The van der Waals surface area contributed by atoms with Gasteiger partial charge in [-0.3, -0.25) is 9.48 Å². The van der Waals surface area contributed by atoms with Crippen LogP contribution in [0.2, 0.25) is 0 Å². The van der Waals surface area contributed by atoms with E-state index in [1.807, 2.05) is 7.05 Å². The van der Waals surface area contributed by atoms with Crippen molar-refractivity contribution in [2.75, 3.05) is 19.0 Å². The van der Waals surface area contributed by atoms with Crippen LogP contribution in [-0.2, 0) is 34.8 Å². The Labute approximate surface area is 158 Å². The summed E-state index contributed by atoms with van der Waals surface area (Å²) in [7, 11) is -0.286. The van der Waals surface area contributed by atoms with Crippen LogP contribution < -0.4 is 10.1 Å². The average Bonchev–Trinajstić information content (AvgIpc) is 3.48. The van der Waals surface area contributed by atoms with E-state index in [0.717, 1.165) is 24.1 Å². The topological polar surface area (TPSA) is 93.5 Å².